The van der Waals surface area contributed by atoms with E-state index in [1.165, 1.54) is 0 Å². The fourth-order valence-electron chi connectivity index (χ4n) is 0.964. The maximum atomic E-state index is 4.76. The van der Waals surface area contributed by atoms with E-state index in [4.69, 9.17) is 49.7 Å². The standard InChI is InChI=1S/2C5H11NS2.Cr/c2*1-3-6(4-2)5(7)8;/h2*3-4H2,1-2H3,(H,7,8);/q;;+2/p-2. The first-order valence-electron chi connectivity index (χ1n) is 5.36. The average molecular weight is 349 g/mol. The number of rotatable bonds is 4. The molecule has 100 valence electrons. The molecule has 0 saturated heterocycles. The molecular formula is C10H20CrN2S4. The first-order valence-corrected chi connectivity index (χ1v) is 6.99. The zero-order chi connectivity index (χ0) is 13.1. The molecule has 0 amide bonds. The molecule has 0 spiro atoms. The van der Waals surface area contributed by atoms with E-state index in [0.29, 0.717) is 8.64 Å². The first-order chi connectivity index (χ1) is 7.44. The third kappa shape index (κ3) is 13.0. The minimum Gasteiger partial charge on any atom is -0.411 e. The molecule has 0 aromatic carbocycles. The Hall–Kier alpha value is 0.752. The van der Waals surface area contributed by atoms with Gasteiger partial charge in [0.05, 0.1) is 0 Å². The van der Waals surface area contributed by atoms with Crippen LogP contribution in [-0.2, 0) is 42.6 Å². The Labute approximate surface area is 138 Å². The topological polar surface area (TPSA) is 6.48 Å². The molecule has 0 aliphatic heterocycles. The Morgan fingerprint density at radius 3 is 0.941 bits per heavy atom. The van der Waals surface area contributed by atoms with Gasteiger partial charge >= 0.3 is 17.4 Å². The van der Waals surface area contributed by atoms with Gasteiger partial charge in [-0.25, -0.2) is 0 Å². The van der Waals surface area contributed by atoms with Gasteiger partial charge in [-0.15, -0.1) is 0 Å². The van der Waals surface area contributed by atoms with Crippen LogP contribution in [0, 0.1) is 0 Å². The minimum atomic E-state index is 0. The van der Waals surface area contributed by atoms with Gasteiger partial charge in [-0.05, 0) is 27.7 Å². The van der Waals surface area contributed by atoms with Crippen LogP contribution in [0.5, 0.6) is 0 Å². The molecule has 2 nitrogen and oxygen atoms in total. The molecule has 0 unspecified atom stereocenters. The monoisotopic (exact) mass is 348 g/mol. The number of hydrogen-bond acceptors (Lipinski definition) is 4. The average Bonchev–Trinajstić information content (AvgIpc) is 2.21. The Morgan fingerprint density at radius 1 is 0.765 bits per heavy atom. The maximum Gasteiger partial charge on any atom is 2.00 e. The third-order valence-corrected chi connectivity index (χ3v) is 3.08. The largest absolute Gasteiger partial charge is 2.00 e. The second kappa shape index (κ2) is 14.8. The van der Waals surface area contributed by atoms with Crippen LogP contribution in [-0.4, -0.2) is 44.6 Å². The Balaban J connectivity index is -0.000000218. The van der Waals surface area contributed by atoms with Gasteiger partial charge in [0.2, 0.25) is 0 Å². The number of hydrogen-bond donors (Lipinski definition) is 0. The summed E-state index contributed by atoms with van der Waals surface area (Å²) in [5.41, 5.74) is 0. The van der Waals surface area contributed by atoms with Crippen molar-refractivity contribution >= 4 is 58.3 Å². The molecule has 0 heterocycles. The van der Waals surface area contributed by atoms with Crippen molar-refractivity contribution in [2.75, 3.05) is 26.2 Å². The molecule has 0 aliphatic carbocycles. The summed E-state index contributed by atoms with van der Waals surface area (Å²) in [7, 11) is 0. The Kier molecular flexibility index (Phi) is 19.9. The van der Waals surface area contributed by atoms with Gasteiger partial charge in [-0.3, -0.25) is 0 Å². The van der Waals surface area contributed by atoms with Crippen LogP contribution >= 0.6 is 24.4 Å². The van der Waals surface area contributed by atoms with Crippen molar-refractivity contribution in [1.29, 1.82) is 0 Å². The molecule has 0 aromatic rings. The van der Waals surface area contributed by atoms with E-state index < -0.39 is 0 Å². The third-order valence-electron chi connectivity index (χ3n) is 2.04. The van der Waals surface area contributed by atoms with E-state index in [2.05, 4.69) is 0 Å². The van der Waals surface area contributed by atoms with Crippen LogP contribution in [0.1, 0.15) is 27.7 Å². The summed E-state index contributed by atoms with van der Waals surface area (Å²) in [6.45, 7) is 11.9. The van der Waals surface area contributed by atoms with Gasteiger partial charge in [0.25, 0.3) is 0 Å². The second-order valence-electron chi connectivity index (χ2n) is 2.88. The molecular weight excluding hydrogens is 328 g/mol. The van der Waals surface area contributed by atoms with Gasteiger partial charge in [0.15, 0.2) is 0 Å². The van der Waals surface area contributed by atoms with Crippen LogP contribution in [0.2, 0.25) is 0 Å². The fourth-order valence-corrected chi connectivity index (χ4v) is 2.00. The van der Waals surface area contributed by atoms with Crippen molar-refractivity contribution in [3.05, 3.63) is 0 Å². The maximum absolute atomic E-state index is 4.76. The van der Waals surface area contributed by atoms with E-state index in [1.54, 1.807) is 0 Å². The normalized spacial score (nSPS) is 8.24. The molecule has 0 rings (SSSR count). The first kappa shape index (κ1) is 22.9. The molecule has 7 heteroatoms. The molecule has 0 saturated carbocycles. The summed E-state index contributed by atoms with van der Waals surface area (Å²) in [6.07, 6.45) is 0. The Morgan fingerprint density at radius 2 is 0.941 bits per heavy atom. The molecule has 0 radical (unpaired) electrons. The number of nitrogens with zero attached hydrogens (tertiary/aromatic N) is 2. The van der Waals surface area contributed by atoms with E-state index in [1.807, 2.05) is 37.5 Å². The van der Waals surface area contributed by atoms with Gasteiger partial charge in [0, 0.05) is 26.2 Å². The van der Waals surface area contributed by atoms with E-state index in [9.17, 15) is 0 Å². The SMILES string of the molecule is CCN(CC)C(=S)[S-].CCN(CC)C(=S)[S-].[Cr+2]. The van der Waals surface area contributed by atoms with Gasteiger partial charge in [0.1, 0.15) is 0 Å². The van der Waals surface area contributed by atoms with Crippen molar-refractivity contribution in [3.63, 3.8) is 0 Å². The zero-order valence-electron chi connectivity index (χ0n) is 10.8. The van der Waals surface area contributed by atoms with E-state index >= 15 is 0 Å². The molecule has 0 bridgehead atoms. The summed E-state index contributed by atoms with van der Waals surface area (Å²) < 4.78 is 1.16. The van der Waals surface area contributed by atoms with E-state index in [-0.39, 0.29) is 17.4 Å². The van der Waals surface area contributed by atoms with Crippen molar-refractivity contribution < 1.29 is 17.4 Å². The molecule has 0 N–H and O–H groups in total. The van der Waals surface area contributed by atoms with Crippen molar-refractivity contribution in [2.45, 2.75) is 27.7 Å². The van der Waals surface area contributed by atoms with Crippen molar-refractivity contribution in [3.8, 4) is 0 Å². The minimum absolute atomic E-state index is 0. The van der Waals surface area contributed by atoms with E-state index in [0.717, 1.165) is 26.2 Å². The Bertz CT molecular complexity index is 184. The van der Waals surface area contributed by atoms with Gasteiger partial charge in [-0.1, -0.05) is 8.64 Å². The van der Waals surface area contributed by atoms with Crippen LogP contribution in [0.4, 0.5) is 0 Å². The fraction of sp³-hybridized carbons (Fsp3) is 0.800. The smallest absolute Gasteiger partial charge is 0.411 e. The van der Waals surface area contributed by atoms with Gasteiger partial charge in [-0.2, -0.15) is 0 Å². The second-order valence-corrected chi connectivity index (χ2v) is 4.94. The predicted molar refractivity (Wildman–Crippen MR) is 85.8 cm³/mol. The van der Waals surface area contributed by atoms with Gasteiger partial charge < -0.3 is 59.5 Å². The molecule has 0 fully saturated rings. The summed E-state index contributed by atoms with van der Waals surface area (Å²) >= 11 is 19.0. The molecule has 0 aliphatic rings. The quantitative estimate of drug-likeness (QED) is 0.564. The van der Waals surface area contributed by atoms with Crippen molar-refractivity contribution in [1.82, 2.24) is 9.80 Å². The van der Waals surface area contributed by atoms with Crippen LogP contribution in [0.25, 0.3) is 0 Å². The zero-order valence-corrected chi connectivity index (χ0v) is 15.3. The van der Waals surface area contributed by atoms with Crippen molar-refractivity contribution in [2.24, 2.45) is 0 Å². The predicted octanol–water partition coefficient (Wildman–Crippen LogP) is 2.32. The summed E-state index contributed by atoms with van der Waals surface area (Å²) in [6, 6.07) is 0. The molecule has 17 heavy (non-hydrogen) atoms. The van der Waals surface area contributed by atoms with Crippen LogP contribution < -0.4 is 0 Å². The number of thiocarbonyl (C=S) groups is 2. The molecule has 0 atom stereocenters. The summed E-state index contributed by atoms with van der Waals surface area (Å²) in [4.78, 5) is 3.93. The van der Waals surface area contributed by atoms with Crippen LogP contribution in [0.3, 0.4) is 0 Å². The summed E-state index contributed by atoms with van der Waals surface area (Å²) in [5, 5.41) is 0. The van der Waals surface area contributed by atoms with Crippen LogP contribution in [0.15, 0.2) is 0 Å². The molecule has 0 aromatic heterocycles. The summed E-state index contributed by atoms with van der Waals surface area (Å²) in [5.74, 6) is 0.